The number of hydrogen-bond acceptors (Lipinski definition) is 5. The lowest BCUT2D eigenvalue weighted by atomic mass is 10.2. The van der Waals surface area contributed by atoms with Crippen molar-refractivity contribution in [1.29, 1.82) is 0 Å². The lowest BCUT2D eigenvalue weighted by Crippen LogP contribution is -2.51. The van der Waals surface area contributed by atoms with Gasteiger partial charge in [-0.2, -0.15) is 11.8 Å². The second-order valence-electron chi connectivity index (χ2n) is 5.23. The number of esters is 1. The van der Waals surface area contributed by atoms with Gasteiger partial charge in [-0.15, -0.1) is 0 Å². The largest absolute Gasteiger partial charge is 0.464 e. The lowest BCUT2D eigenvalue weighted by molar-refractivity contribution is -0.147. The molecule has 1 aromatic heterocycles. The van der Waals surface area contributed by atoms with Crippen molar-refractivity contribution in [3.8, 4) is 0 Å². The minimum atomic E-state index is -0.533. The summed E-state index contributed by atoms with van der Waals surface area (Å²) in [5.74, 6) is 0.829. The zero-order valence-corrected chi connectivity index (χ0v) is 13.7. The molecule has 0 radical (unpaired) electrons. The summed E-state index contributed by atoms with van der Waals surface area (Å²) in [5.41, 5.74) is 1.14. The first-order valence-corrected chi connectivity index (χ1v) is 8.77. The van der Waals surface area contributed by atoms with Crippen molar-refractivity contribution in [3.63, 3.8) is 0 Å². The number of fused-ring (bicyclic) bond motifs is 1. The van der Waals surface area contributed by atoms with Crippen LogP contribution in [0.3, 0.4) is 0 Å². The molecule has 6 heteroatoms. The second-order valence-corrected chi connectivity index (χ2v) is 6.38. The first-order chi connectivity index (χ1) is 11.2. The smallest absolute Gasteiger partial charge is 0.329 e. The molecule has 1 saturated heterocycles. The number of carbonyl (C=O) groups is 2. The van der Waals surface area contributed by atoms with E-state index in [0.717, 1.165) is 16.7 Å². The topological polar surface area (TPSA) is 59.5 Å². The van der Waals surface area contributed by atoms with E-state index < -0.39 is 6.04 Å². The quantitative estimate of drug-likeness (QED) is 0.809. The van der Waals surface area contributed by atoms with Crippen LogP contribution in [0.1, 0.15) is 17.4 Å². The number of thioether (sulfide) groups is 1. The molecule has 0 spiro atoms. The van der Waals surface area contributed by atoms with Crippen molar-refractivity contribution in [2.75, 3.05) is 24.7 Å². The molecule has 1 fully saturated rings. The number of ether oxygens (including phenoxy) is 1. The number of aromatic nitrogens is 1. The van der Waals surface area contributed by atoms with Crippen LogP contribution >= 0.6 is 11.8 Å². The molecule has 0 N–H and O–H groups in total. The third kappa shape index (κ3) is 3.32. The van der Waals surface area contributed by atoms with Crippen molar-refractivity contribution in [2.24, 2.45) is 0 Å². The Hall–Kier alpha value is -2.08. The number of amides is 1. The first kappa shape index (κ1) is 15.8. The maximum Gasteiger partial charge on any atom is 0.329 e. The molecule has 0 unspecified atom stereocenters. The molecule has 1 amide bonds. The number of hydrogen-bond donors (Lipinski definition) is 0. The van der Waals surface area contributed by atoms with Gasteiger partial charge in [0.2, 0.25) is 0 Å². The molecule has 120 valence electrons. The zero-order chi connectivity index (χ0) is 16.2. The molecule has 0 aliphatic carbocycles. The molecule has 2 heterocycles. The van der Waals surface area contributed by atoms with Gasteiger partial charge in [-0.05, 0) is 19.1 Å². The number of carbonyl (C=O) groups excluding carboxylic acids is 2. The molecular weight excluding hydrogens is 312 g/mol. The van der Waals surface area contributed by atoms with Gasteiger partial charge in [-0.25, -0.2) is 9.78 Å². The summed E-state index contributed by atoms with van der Waals surface area (Å²) in [7, 11) is 0. The van der Waals surface area contributed by atoms with E-state index >= 15 is 0 Å². The van der Waals surface area contributed by atoms with Crippen LogP contribution in [0.15, 0.2) is 36.4 Å². The minimum Gasteiger partial charge on any atom is -0.464 e. The van der Waals surface area contributed by atoms with Gasteiger partial charge in [-0.1, -0.05) is 24.3 Å². The van der Waals surface area contributed by atoms with Crippen LogP contribution in [-0.2, 0) is 9.53 Å². The molecule has 2 aromatic rings. The average Bonchev–Trinajstić information content (AvgIpc) is 2.61. The normalized spacial score (nSPS) is 18.0. The van der Waals surface area contributed by atoms with Crippen LogP contribution < -0.4 is 0 Å². The van der Waals surface area contributed by atoms with E-state index in [1.54, 1.807) is 29.7 Å². The molecule has 1 aliphatic heterocycles. The number of nitrogens with zero attached hydrogens (tertiary/aromatic N) is 2. The summed E-state index contributed by atoms with van der Waals surface area (Å²) in [6.07, 6.45) is 0. The van der Waals surface area contributed by atoms with Gasteiger partial charge in [0.1, 0.15) is 11.7 Å². The van der Waals surface area contributed by atoms with Crippen LogP contribution in [-0.4, -0.2) is 52.5 Å². The number of benzene rings is 1. The van der Waals surface area contributed by atoms with Gasteiger partial charge < -0.3 is 9.64 Å². The molecule has 23 heavy (non-hydrogen) atoms. The third-order valence-corrected chi connectivity index (χ3v) is 4.79. The van der Waals surface area contributed by atoms with Crippen molar-refractivity contribution in [2.45, 2.75) is 13.0 Å². The second kappa shape index (κ2) is 7.00. The van der Waals surface area contributed by atoms with E-state index in [-0.39, 0.29) is 11.9 Å². The summed E-state index contributed by atoms with van der Waals surface area (Å²) in [6, 6.07) is 10.7. The summed E-state index contributed by atoms with van der Waals surface area (Å²) >= 11 is 1.66. The molecule has 5 nitrogen and oxygen atoms in total. The van der Waals surface area contributed by atoms with Crippen LogP contribution in [0.2, 0.25) is 0 Å². The van der Waals surface area contributed by atoms with E-state index in [0.29, 0.717) is 24.6 Å². The maximum absolute atomic E-state index is 12.8. The molecule has 0 bridgehead atoms. The highest BCUT2D eigenvalue weighted by molar-refractivity contribution is 7.99. The number of pyridine rings is 1. The monoisotopic (exact) mass is 330 g/mol. The molecule has 1 atom stereocenters. The Morgan fingerprint density at radius 1 is 1.30 bits per heavy atom. The highest BCUT2D eigenvalue weighted by atomic mass is 32.2. The Morgan fingerprint density at radius 3 is 2.96 bits per heavy atom. The summed E-state index contributed by atoms with van der Waals surface area (Å²) in [6.45, 7) is 2.61. The number of rotatable bonds is 3. The van der Waals surface area contributed by atoms with Gasteiger partial charge in [0.15, 0.2) is 0 Å². The molecule has 0 saturated carbocycles. The summed E-state index contributed by atoms with van der Waals surface area (Å²) in [4.78, 5) is 30.9. The fourth-order valence-electron chi connectivity index (χ4n) is 2.61. The van der Waals surface area contributed by atoms with Crippen molar-refractivity contribution in [3.05, 3.63) is 42.1 Å². The van der Waals surface area contributed by atoms with Crippen LogP contribution in [0, 0.1) is 0 Å². The van der Waals surface area contributed by atoms with Crippen LogP contribution in [0.4, 0.5) is 0 Å². The van der Waals surface area contributed by atoms with Crippen molar-refractivity contribution in [1.82, 2.24) is 9.88 Å². The molecule has 1 aromatic carbocycles. The van der Waals surface area contributed by atoms with E-state index in [1.165, 1.54) is 0 Å². The van der Waals surface area contributed by atoms with Gasteiger partial charge >= 0.3 is 5.97 Å². The third-order valence-electron chi connectivity index (χ3n) is 3.77. The highest BCUT2D eigenvalue weighted by Gasteiger charge is 2.34. The van der Waals surface area contributed by atoms with Gasteiger partial charge in [0.25, 0.3) is 5.91 Å². The first-order valence-electron chi connectivity index (χ1n) is 7.62. The molecular formula is C17H18N2O3S. The Bertz CT molecular complexity index is 735. The lowest BCUT2D eigenvalue weighted by Gasteiger charge is -2.33. The Labute approximate surface area is 139 Å². The van der Waals surface area contributed by atoms with E-state index in [4.69, 9.17) is 4.74 Å². The Kier molecular flexibility index (Phi) is 4.81. The highest BCUT2D eigenvalue weighted by Crippen LogP contribution is 2.21. The van der Waals surface area contributed by atoms with Crippen molar-refractivity contribution >= 4 is 34.5 Å². The summed E-state index contributed by atoms with van der Waals surface area (Å²) < 4.78 is 5.10. The predicted molar refractivity (Wildman–Crippen MR) is 90.5 cm³/mol. The van der Waals surface area contributed by atoms with Gasteiger partial charge in [-0.3, -0.25) is 4.79 Å². The average molecular weight is 330 g/mol. The van der Waals surface area contributed by atoms with Crippen molar-refractivity contribution < 1.29 is 14.3 Å². The van der Waals surface area contributed by atoms with E-state index in [9.17, 15) is 9.59 Å². The standard InChI is InChI=1S/C17H18N2O3S/c1-2-22-17(21)15-11-23-10-9-19(15)16(20)14-8-7-12-5-3-4-6-13(12)18-14/h3-8,15H,2,9-11H2,1H3/t15-/m0/s1. The maximum atomic E-state index is 12.8. The minimum absolute atomic E-state index is 0.214. The van der Waals surface area contributed by atoms with Gasteiger partial charge in [0, 0.05) is 23.4 Å². The van der Waals surface area contributed by atoms with E-state index in [2.05, 4.69) is 4.98 Å². The predicted octanol–water partition coefficient (Wildman–Crippen LogP) is 2.36. The van der Waals surface area contributed by atoms with E-state index in [1.807, 2.05) is 30.3 Å². The van der Waals surface area contributed by atoms with Crippen LogP contribution in [0.5, 0.6) is 0 Å². The Morgan fingerprint density at radius 2 is 2.13 bits per heavy atom. The number of para-hydroxylation sites is 1. The molecule has 1 aliphatic rings. The summed E-state index contributed by atoms with van der Waals surface area (Å²) in [5, 5.41) is 0.986. The van der Waals surface area contributed by atoms with Crippen LogP contribution in [0.25, 0.3) is 10.9 Å². The zero-order valence-electron chi connectivity index (χ0n) is 12.9. The Balaban J connectivity index is 1.87. The SMILES string of the molecule is CCOC(=O)[C@@H]1CSCCN1C(=O)c1ccc2ccccc2n1. The van der Waals surface area contributed by atoms with Gasteiger partial charge in [0.05, 0.1) is 12.1 Å². The fraction of sp³-hybridized carbons (Fsp3) is 0.353. The molecule has 3 rings (SSSR count). The fourth-order valence-corrected chi connectivity index (χ4v) is 3.64.